The lowest BCUT2D eigenvalue weighted by molar-refractivity contribution is -0.0427. The fraction of sp³-hybridized carbons (Fsp3) is 1.00. The van der Waals surface area contributed by atoms with E-state index in [1.54, 1.807) is 0 Å². The van der Waals surface area contributed by atoms with E-state index < -0.39 is 0 Å². The fourth-order valence-electron chi connectivity index (χ4n) is 3.51. The first kappa shape index (κ1) is 11.0. The van der Waals surface area contributed by atoms with Gasteiger partial charge in [0.15, 0.2) is 0 Å². The van der Waals surface area contributed by atoms with E-state index in [-0.39, 0.29) is 0 Å². The Hall–Kier alpha value is -0.0800. The van der Waals surface area contributed by atoms with Gasteiger partial charge < -0.3 is 10.1 Å². The maximum absolute atomic E-state index is 5.78. The molecule has 0 bridgehead atoms. The zero-order valence-electron chi connectivity index (χ0n) is 10.7. The molecule has 1 N–H and O–H groups in total. The fourth-order valence-corrected chi connectivity index (χ4v) is 3.51. The van der Waals surface area contributed by atoms with Gasteiger partial charge in [0.25, 0.3) is 0 Å². The number of hydrogen-bond donors (Lipinski definition) is 1. The Bertz CT molecular complexity index is 247. The van der Waals surface area contributed by atoms with Gasteiger partial charge in [0.2, 0.25) is 0 Å². The summed E-state index contributed by atoms with van der Waals surface area (Å²) in [6.07, 6.45) is 9.26. The van der Waals surface area contributed by atoms with E-state index in [2.05, 4.69) is 19.2 Å². The predicted molar refractivity (Wildman–Crippen MR) is 65.4 cm³/mol. The topological polar surface area (TPSA) is 21.3 Å². The SMILES string of the molecule is CC1CC(NCC2(C3CC3)CC2)CC(C)O1. The third kappa shape index (κ3) is 2.28. The molecule has 0 radical (unpaired) electrons. The number of nitrogens with one attached hydrogen (secondary N) is 1. The van der Waals surface area contributed by atoms with Crippen LogP contribution in [-0.2, 0) is 4.74 Å². The van der Waals surface area contributed by atoms with E-state index in [4.69, 9.17) is 4.74 Å². The second-order valence-electron chi connectivity index (χ2n) is 6.44. The van der Waals surface area contributed by atoms with Crippen molar-refractivity contribution in [1.82, 2.24) is 5.32 Å². The molecule has 0 aromatic carbocycles. The molecule has 0 amide bonds. The molecule has 0 aromatic rings. The molecule has 2 atom stereocenters. The van der Waals surface area contributed by atoms with Crippen LogP contribution in [0.5, 0.6) is 0 Å². The highest BCUT2D eigenvalue weighted by Crippen LogP contribution is 2.60. The second kappa shape index (κ2) is 3.99. The highest BCUT2D eigenvalue weighted by molar-refractivity contribution is 5.05. The van der Waals surface area contributed by atoms with Crippen LogP contribution in [0.25, 0.3) is 0 Å². The van der Waals surface area contributed by atoms with E-state index in [9.17, 15) is 0 Å². The average Bonchev–Trinajstić information content (AvgIpc) is 3.07. The minimum atomic E-state index is 0.442. The molecule has 0 aromatic heterocycles. The van der Waals surface area contributed by atoms with E-state index in [1.165, 1.54) is 45.1 Å². The van der Waals surface area contributed by atoms with Crippen LogP contribution < -0.4 is 5.32 Å². The Morgan fingerprint density at radius 1 is 1.12 bits per heavy atom. The average molecular weight is 223 g/mol. The van der Waals surface area contributed by atoms with Gasteiger partial charge in [-0.3, -0.25) is 0 Å². The standard InChI is InChI=1S/C14H25NO/c1-10-7-13(8-11(2)16-10)15-9-14(5-6-14)12-3-4-12/h10-13,15H,3-9H2,1-2H3. The third-order valence-corrected chi connectivity index (χ3v) is 4.78. The molecule has 2 saturated carbocycles. The van der Waals surface area contributed by atoms with Gasteiger partial charge in [-0.1, -0.05) is 0 Å². The second-order valence-corrected chi connectivity index (χ2v) is 6.44. The third-order valence-electron chi connectivity index (χ3n) is 4.78. The molecule has 3 fully saturated rings. The molecule has 1 heterocycles. The van der Waals surface area contributed by atoms with Crippen LogP contribution in [0.1, 0.15) is 52.4 Å². The molecule has 0 spiro atoms. The normalized spacial score (nSPS) is 42.0. The van der Waals surface area contributed by atoms with Crippen LogP contribution in [-0.4, -0.2) is 24.8 Å². The van der Waals surface area contributed by atoms with Gasteiger partial charge in [0.1, 0.15) is 0 Å². The van der Waals surface area contributed by atoms with Crippen molar-refractivity contribution in [3.63, 3.8) is 0 Å². The largest absolute Gasteiger partial charge is 0.375 e. The Morgan fingerprint density at radius 3 is 2.25 bits per heavy atom. The highest BCUT2D eigenvalue weighted by Gasteiger charge is 2.53. The molecular formula is C14H25NO. The monoisotopic (exact) mass is 223 g/mol. The maximum Gasteiger partial charge on any atom is 0.0565 e. The summed E-state index contributed by atoms with van der Waals surface area (Å²) < 4.78 is 5.78. The van der Waals surface area contributed by atoms with Crippen molar-refractivity contribution in [1.29, 1.82) is 0 Å². The molecule has 2 heteroatoms. The number of rotatable bonds is 4. The Labute approximate surface area is 99.1 Å². The summed E-state index contributed by atoms with van der Waals surface area (Å²) in [5.41, 5.74) is 0.741. The molecule has 3 aliphatic rings. The van der Waals surface area contributed by atoms with E-state index in [0.717, 1.165) is 11.3 Å². The lowest BCUT2D eigenvalue weighted by atomic mass is 9.96. The van der Waals surface area contributed by atoms with Gasteiger partial charge in [-0.15, -0.1) is 0 Å². The molecule has 1 saturated heterocycles. The van der Waals surface area contributed by atoms with Crippen molar-refractivity contribution < 1.29 is 4.74 Å². The van der Waals surface area contributed by atoms with Crippen molar-refractivity contribution in [3.05, 3.63) is 0 Å². The molecule has 2 aliphatic carbocycles. The quantitative estimate of drug-likeness (QED) is 0.791. The van der Waals surface area contributed by atoms with Crippen molar-refractivity contribution in [3.8, 4) is 0 Å². The zero-order chi connectivity index (χ0) is 11.2. The minimum Gasteiger partial charge on any atom is -0.375 e. The van der Waals surface area contributed by atoms with Gasteiger partial charge in [-0.2, -0.15) is 0 Å². The molecule has 16 heavy (non-hydrogen) atoms. The van der Waals surface area contributed by atoms with Gasteiger partial charge in [-0.05, 0) is 63.7 Å². The maximum atomic E-state index is 5.78. The predicted octanol–water partition coefficient (Wildman–Crippen LogP) is 2.72. The molecular weight excluding hydrogens is 198 g/mol. The first-order valence-electron chi connectivity index (χ1n) is 7.07. The van der Waals surface area contributed by atoms with Gasteiger partial charge >= 0.3 is 0 Å². The van der Waals surface area contributed by atoms with Crippen molar-refractivity contribution in [2.75, 3.05) is 6.54 Å². The summed E-state index contributed by atoms with van der Waals surface area (Å²) in [5, 5.41) is 3.83. The van der Waals surface area contributed by atoms with E-state index in [0.29, 0.717) is 18.2 Å². The smallest absolute Gasteiger partial charge is 0.0565 e. The highest BCUT2D eigenvalue weighted by atomic mass is 16.5. The Morgan fingerprint density at radius 2 is 1.75 bits per heavy atom. The van der Waals surface area contributed by atoms with Gasteiger partial charge in [0, 0.05) is 12.6 Å². The summed E-state index contributed by atoms with van der Waals surface area (Å²) in [5.74, 6) is 1.08. The van der Waals surface area contributed by atoms with Crippen LogP contribution >= 0.6 is 0 Å². The van der Waals surface area contributed by atoms with Crippen molar-refractivity contribution in [2.24, 2.45) is 11.3 Å². The lowest BCUT2D eigenvalue weighted by Gasteiger charge is -2.33. The van der Waals surface area contributed by atoms with Gasteiger partial charge in [0.05, 0.1) is 12.2 Å². The number of ether oxygens (including phenoxy) is 1. The molecule has 2 nitrogen and oxygen atoms in total. The summed E-state index contributed by atoms with van der Waals surface area (Å²) in [7, 11) is 0. The number of hydrogen-bond acceptors (Lipinski definition) is 2. The molecule has 92 valence electrons. The zero-order valence-corrected chi connectivity index (χ0v) is 10.7. The van der Waals surface area contributed by atoms with Crippen LogP contribution in [0.4, 0.5) is 0 Å². The first-order valence-corrected chi connectivity index (χ1v) is 7.07. The van der Waals surface area contributed by atoms with Crippen molar-refractivity contribution >= 4 is 0 Å². The van der Waals surface area contributed by atoms with Crippen molar-refractivity contribution in [2.45, 2.75) is 70.6 Å². The Balaban J connectivity index is 1.47. The molecule has 2 unspecified atom stereocenters. The van der Waals surface area contributed by atoms with Crippen LogP contribution in [0, 0.1) is 11.3 Å². The van der Waals surface area contributed by atoms with E-state index >= 15 is 0 Å². The summed E-state index contributed by atoms with van der Waals surface area (Å²) >= 11 is 0. The molecule has 3 rings (SSSR count). The van der Waals surface area contributed by atoms with Crippen LogP contribution in [0.15, 0.2) is 0 Å². The summed E-state index contributed by atoms with van der Waals surface area (Å²) in [4.78, 5) is 0. The molecule has 1 aliphatic heterocycles. The van der Waals surface area contributed by atoms with Gasteiger partial charge in [-0.25, -0.2) is 0 Å². The summed E-state index contributed by atoms with van der Waals surface area (Å²) in [6.45, 7) is 5.69. The Kier molecular flexibility index (Phi) is 2.75. The summed E-state index contributed by atoms with van der Waals surface area (Å²) in [6, 6.07) is 0.704. The van der Waals surface area contributed by atoms with E-state index in [1.807, 2.05) is 0 Å². The van der Waals surface area contributed by atoms with Crippen LogP contribution in [0.3, 0.4) is 0 Å². The minimum absolute atomic E-state index is 0.442. The van der Waals surface area contributed by atoms with Crippen LogP contribution in [0.2, 0.25) is 0 Å². The lowest BCUT2D eigenvalue weighted by Crippen LogP contribution is -2.43. The first-order chi connectivity index (χ1) is 7.68.